The molecule has 0 bridgehead atoms. The highest BCUT2D eigenvalue weighted by molar-refractivity contribution is 9.10. The second-order valence-corrected chi connectivity index (χ2v) is 5.10. The largest absolute Gasteiger partial charge is 0.354 e. The van der Waals surface area contributed by atoms with E-state index in [4.69, 9.17) is 5.26 Å². The Labute approximate surface area is 130 Å². The lowest BCUT2D eigenvalue weighted by Crippen LogP contribution is -2.06. The first-order valence-electron chi connectivity index (χ1n) is 6.37. The van der Waals surface area contributed by atoms with Gasteiger partial charge in [-0.05, 0) is 40.5 Å². The number of nitriles is 1. The Bertz CT molecular complexity index is 684. The molecule has 2 rings (SSSR count). The van der Waals surface area contributed by atoms with E-state index in [-0.39, 0.29) is 5.56 Å². The fourth-order valence-electron chi connectivity index (χ4n) is 1.60. The highest BCUT2D eigenvalue weighted by Crippen LogP contribution is 2.25. The van der Waals surface area contributed by atoms with Gasteiger partial charge in [-0.1, -0.05) is 6.92 Å². The van der Waals surface area contributed by atoms with Gasteiger partial charge < -0.3 is 10.6 Å². The maximum Gasteiger partial charge on any atom is 0.224 e. The molecule has 0 aliphatic rings. The van der Waals surface area contributed by atoms with Crippen molar-refractivity contribution in [3.63, 3.8) is 0 Å². The van der Waals surface area contributed by atoms with E-state index >= 15 is 0 Å². The quantitative estimate of drug-likeness (QED) is 0.858. The fraction of sp³-hybridized carbons (Fsp3) is 0.214. The summed E-state index contributed by atoms with van der Waals surface area (Å²) in [5, 5.41) is 15.0. The van der Waals surface area contributed by atoms with Crippen molar-refractivity contribution >= 4 is 33.4 Å². The second kappa shape index (κ2) is 6.99. The van der Waals surface area contributed by atoms with E-state index in [1.165, 1.54) is 12.1 Å². The second-order valence-electron chi connectivity index (χ2n) is 4.25. The van der Waals surface area contributed by atoms with Crippen LogP contribution >= 0.6 is 15.9 Å². The predicted octanol–water partition coefficient (Wildman–Crippen LogP) is 3.82. The maximum atomic E-state index is 13.3. The molecule has 0 spiro atoms. The van der Waals surface area contributed by atoms with Crippen LogP contribution in [0.2, 0.25) is 0 Å². The summed E-state index contributed by atoms with van der Waals surface area (Å²) < 4.78 is 14.0. The molecule has 0 saturated heterocycles. The van der Waals surface area contributed by atoms with E-state index < -0.39 is 5.82 Å². The Morgan fingerprint density at radius 3 is 2.95 bits per heavy atom. The number of nitrogens with one attached hydrogen (secondary N) is 2. The zero-order valence-electron chi connectivity index (χ0n) is 11.3. The van der Waals surface area contributed by atoms with Crippen LogP contribution in [0.15, 0.2) is 28.9 Å². The molecule has 0 fully saturated rings. The van der Waals surface area contributed by atoms with Crippen molar-refractivity contribution in [3.05, 3.63) is 40.2 Å². The SMILES string of the molecule is CCCNc1ncc(Br)c(Nc2ccc(F)c(C#N)c2)n1. The van der Waals surface area contributed by atoms with Crippen LogP contribution in [0, 0.1) is 17.1 Å². The summed E-state index contributed by atoms with van der Waals surface area (Å²) in [7, 11) is 0. The fourth-order valence-corrected chi connectivity index (χ4v) is 1.89. The minimum absolute atomic E-state index is 0.0190. The molecule has 0 atom stereocenters. The lowest BCUT2D eigenvalue weighted by Gasteiger charge is -2.10. The molecule has 0 radical (unpaired) electrons. The topological polar surface area (TPSA) is 73.6 Å². The average molecular weight is 350 g/mol. The molecule has 7 heteroatoms. The molecule has 21 heavy (non-hydrogen) atoms. The van der Waals surface area contributed by atoms with Crippen LogP contribution in [0.4, 0.5) is 21.8 Å². The molecule has 2 N–H and O–H groups in total. The van der Waals surface area contributed by atoms with Crippen molar-refractivity contribution in [2.75, 3.05) is 17.2 Å². The summed E-state index contributed by atoms with van der Waals surface area (Å²) in [6.45, 7) is 2.82. The van der Waals surface area contributed by atoms with Crippen LogP contribution in [0.25, 0.3) is 0 Å². The molecule has 0 aliphatic heterocycles. The Morgan fingerprint density at radius 1 is 1.43 bits per heavy atom. The number of anilines is 3. The van der Waals surface area contributed by atoms with Gasteiger partial charge in [0.15, 0.2) is 0 Å². The summed E-state index contributed by atoms with van der Waals surface area (Å²) in [4.78, 5) is 8.47. The minimum Gasteiger partial charge on any atom is -0.354 e. The molecular formula is C14H13BrFN5. The standard InChI is InChI=1S/C14H13BrFN5/c1-2-5-18-14-19-8-11(15)13(21-14)20-10-3-4-12(16)9(6-10)7-17/h3-4,6,8H,2,5H2,1H3,(H2,18,19,20,21). The summed E-state index contributed by atoms with van der Waals surface area (Å²) in [5.74, 6) is 0.499. The number of hydrogen-bond acceptors (Lipinski definition) is 5. The Kier molecular flexibility index (Phi) is 5.06. The molecule has 108 valence electrons. The first-order valence-corrected chi connectivity index (χ1v) is 7.16. The summed E-state index contributed by atoms with van der Waals surface area (Å²) in [6.07, 6.45) is 2.59. The van der Waals surface area contributed by atoms with Gasteiger partial charge in [0, 0.05) is 18.4 Å². The number of hydrogen-bond donors (Lipinski definition) is 2. The van der Waals surface area contributed by atoms with Gasteiger partial charge in [0.1, 0.15) is 17.7 Å². The van der Waals surface area contributed by atoms with Gasteiger partial charge in [-0.25, -0.2) is 9.37 Å². The van der Waals surface area contributed by atoms with Gasteiger partial charge in [0.05, 0.1) is 10.0 Å². The molecule has 2 aromatic rings. The van der Waals surface area contributed by atoms with Crippen LogP contribution in [-0.4, -0.2) is 16.5 Å². The van der Waals surface area contributed by atoms with E-state index in [0.29, 0.717) is 21.9 Å². The monoisotopic (exact) mass is 349 g/mol. The number of nitrogens with zero attached hydrogens (tertiary/aromatic N) is 3. The van der Waals surface area contributed by atoms with Crippen LogP contribution in [-0.2, 0) is 0 Å². The molecule has 1 aromatic heterocycles. The third-order valence-electron chi connectivity index (χ3n) is 2.63. The van der Waals surface area contributed by atoms with Crippen molar-refractivity contribution in [3.8, 4) is 6.07 Å². The van der Waals surface area contributed by atoms with E-state index in [1.807, 2.05) is 6.92 Å². The molecular weight excluding hydrogens is 337 g/mol. The zero-order valence-corrected chi connectivity index (χ0v) is 12.9. The van der Waals surface area contributed by atoms with Crippen molar-refractivity contribution in [2.24, 2.45) is 0 Å². The van der Waals surface area contributed by atoms with Gasteiger partial charge in [-0.2, -0.15) is 10.2 Å². The van der Waals surface area contributed by atoms with Crippen molar-refractivity contribution in [2.45, 2.75) is 13.3 Å². The smallest absolute Gasteiger partial charge is 0.224 e. The van der Waals surface area contributed by atoms with Gasteiger partial charge in [-0.3, -0.25) is 0 Å². The number of benzene rings is 1. The summed E-state index contributed by atoms with van der Waals surface area (Å²) in [6, 6.07) is 6.02. The van der Waals surface area contributed by atoms with Crippen molar-refractivity contribution in [1.82, 2.24) is 9.97 Å². The van der Waals surface area contributed by atoms with Crippen molar-refractivity contribution in [1.29, 1.82) is 5.26 Å². The highest BCUT2D eigenvalue weighted by atomic mass is 79.9. The van der Waals surface area contributed by atoms with Gasteiger partial charge in [0.25, 0.3) is 0 Å². The molecule has 5 nitrogen and oxygen atoms in total. The first-order chi connectivity index (χ1) is 10.1. The van der Waals surface area contributed by atoms with Gasteiger partial charge >= 0.3 is 0 Å². The Hall–Kier alpha value is -2.20. The van der Waals surface area contributed by atoms with E-state index in [2.05, 4.69) is 36.5 Å². The molecule has 0 saturated carbocycles. The Balaban J connectivity index is 2.24. The Morgan fingerprint density at radius 2 is 2.24 bits per heavy atom. The molecule has 1 heterocycles. The van der Waals surface area contributed by atoms with Crippen LogP contribution in [0.3, 0.4) is 0 Å². The average Bonchev–Trinajstić information content (AvgIpc) is 2.50. The predicted molar refractivity (Wildman–Crippen MR) is 82.9 cm³/mol. The lowest BCUT2D eigenvalue weighted by molar-refractivity contribution is 0.624. The van der Waals surface area contributed by atoms with Gasteiger partial charge in [0.2, 0.25) is 5.95 Å². The summed E-state index contributed by atoms with van der Waals surface area (Å²) >= 11 is 3.35. The minimum atomic E-state index is -0.546. The molecule has 1 aromatic carbocycles. The van der Waals surface area contributed by atoms with Crippen LogP contribution in [0.1, 0.15) is 18.9 Å². The molecule has 0 aliphatic carbocycles. The number of halogens is 2. The number of rotatable bonds is 5. The molecule has 0 amide bonds. The third kappa shape index (κ3) is 3.89. The van der Waals surface area contributed by atoms with E-state index in [0.717, 1.165) is 13.0 Å². The maximum absolute atomic E-state index is 13.3. The van der Waals surface area contributed by atoms with Crippen LogP contribution < -0.4 is 10.6 Å². The first kappa shape index (κ1) is 15.2. The lowest BCUT2D eigenvalue weighted by atomic mass is 10.2. The van der Waals surface area contributed by atoms with Crippen LogP contribution in [0.5, 0.6) is 0 Å². The highest BCUT2D eigenvalue weighted by Gasteiger charge is 2.07. The van der Waals surface area contributed by atoms with E-state index in [1.54, 1.807) is 18.3 Å². The third-order valence-corrected chi connectivity index (χ3v) is 3.21. The zero-order chi connectivity index (χ0) is 15.2. The normalized spacial score (nSPS) is 10.0. The van der Waals surface area contributed by atoms with Crippen molar-refractivity contribution < 1.29 is 4.39 Å². The molecule has 0 unspecified atom stereocenters. The van der Waals surface area contributed by atoms with E-state index in [9.17, 15) is 4.39 Å². The number of aromatic nitrogens is 2. The van der Waals surface area contributed by atoms with Gasteiger partial charge in [-0.15, -0.1) is 0 Å². The summed E-state index contributed by atoms with van der Waals surface area (Å²) in [5.41, 5.74) is 0.559.